The van der Waals surface area contributed by atoms with Crippen LogP contribution >= 0.6 is 0 Å². The summed E-state index contributed by atoms with van der Waals surface area (Å²) in [7, 11) is 0. The first-order valence-electron chi connectivity index (χ1n) is 5.48. The van der Waals surface area contributed by atoms with Crippen molar-refractivity contribution in [3.05, 3.63) is 0 Å². The summed E-state index contributed by atoms with van der Waals surface area (Å²) < 4.78 is 36.7. The first kappa shape index (κ1) is 16.2. The van der Waals surface area contributed by atoms with Crippen LogP contribution < -0.4 is 5.32 Å². The molecule has 2 unspecified atom stereocenters. The van der Waals surface area contributed by atoms with Gasteiger partial charge in [-0.3, -0.25) is 0 Å². The number of halogens is 3. The van der Waals surface area contributed by atoms with Gasteiger partial charge in [-0.1, -0.05) is 13.8 Å². The van der Waals surface area contributed by atoms with Gasteiger partial charge in [0.2, 0.25) is 0 Å². The third-order valence-electron chi connectivity index (χ3n) is 2.25. The van der Waals surface area contributed by atoms with Crippen LogP contribution in [-0.4, -0.2) is 30.0 Å². The average Bonchev–Trinajstić information content (AvgIpc) is 2.07. The maximum Gasteiger partial charge on any atom is 0.405 e. The fourth-order valence-electron chi connectivity index (χ4n) is 1.67. The highest BCUT2D eigenvalue weighted by Crippen LogP contribution is 2.25. The van der Waals surface area contributed by atoms with Crippen molar-refractivity contribution in [3.8, 4) is 6.07 Å². The summed E-state index contributed by atoms with van der Waals surface area (Å²) in [5.74, 6) is -1.78. The Morgan fingerprint density at radius 2 is 1.88 bits per heavy atom. The lowest BCUT2D eigenvalue weighted by molar-refractivity contribution is -0.158. The zero-order chi connectivity index (χ0) is 13.7. The van der Waals surface area contributed by atoms with Gasteiger partial charge in [0.15, 0.2) is 5.92 Å². The third-order valence-corrected chi connectivity index (χ3v) is 2.25. The number of hydrogen-bond donors (Lipinski definition) is 2. The summed E-state index contributed by atoms with van der Waals surface area (Å²) in [6.45, 7) is 4.95. The Morgan fingerprint density at radius 1 is 1.35 bits per heavy atom. The number of alkyl halides is 3. The smallest absolute Gasteiger partial charge is 0.389 e. The topological polar surface area (TPSA) is 56.0 Å². The van der Waals surface area contributed by atoms with Crippen LogP contribution in [-0.2, 0) is 0 Å². The van der Waals surface area contributed by atoms with E-state index in [2.05, 4.69) is 5.32 Å². The highest BCUT2D eigenvalue weighted by Gasteiger charge is 2.39. The Morgan fingerprint density at radius 3 is 2.24 bits per heavy atom. The molecule has 0 aromatic heterocycles. The van der Waals surface area contributed by atoms with Gasteiger partial charge in [0.25, 0.3) is 0 Å². The molecule has 0 aliphatic rings. The molecule has 17 heavy (non-hydrogen) atoms. The molecule has 0 radical (unpaired) electrons. The van der Waals surface area contributed by atoms with Crippen LogP contribution in [0.25, 0.3) is 0 Å². The van der Waals surface area contributed by atoms with Crippen molar-refractivity contribution in [1.82, 2.24) is 5.32 Å². The fourth-order valence-corrected chi connectivity index (χ4v) is 1.67. The Balaban J connectivity index is 4.10. The van der Waals surface area contributed by atoms with E-state index in [-0.39, 0.29) is 12.5 Å². The van der Waals surface area contributed by atoms with E-state index in [0.29, 0.717) is 6.42 Å². The van der Waals surface area contributed by atoms with E-state index in [9.17, 15) is 18.3 Å². The molecule has 0 spiro atoms. The van der Waals surface area contributed by atoms with Gasteiger partial charge < -0.3 is 10.4 Å². The second kappa shape index (κ2) is 6.22. The zero-order valence-electron chi connectivity index (χ0n) is 10.3. The van der Waals surface area contributed by atoms with Crippen LogP contribution in [0, 0.1) is 23.2 Å². The van der Waals surface area contributed by atoms with E-state index in [1.54, 1.807) is 6.92 Å². The van der Waals surface area contributed by atoms with Crippen LogP contribution in [0.4, 0.5) is 13.2 Å². The molecule has 100 valence electrons. The molecule has 0 saturated heterocycles. The van der Waals surface area contributed by atoms with Crippen LogP contribution in [0.2, 0.25) is 0 Å². The van der Waals surface area contributed by atoms with Crippen LogP contribution in [0.5, 0.6) is 0 Å². The van der Waals surface area contributed by atoms with Crippen molar-refractivity contribution in [2.75, 3.05) is 13.1 Å². The Bertz CT molecular complexity index is 269. The molecule has 0 fully saturated rings. The largest absolute Gasteiger partial charge is 0.405 e. The predicted octanol–water partition coefficient (Wildman–Crippen LogP) is 2.08. The van der Waals surface area contributed by atoms with Crippen molar-refractivity contribution in [2.45, 2.75) is 39.0 Å². The molecule has 6 heteroatoms. The summed E-state index contributed by atoms with van der Waals surface area (Å²) in [4.78, 5) is 0. The minimum Gasteiger partial charge on any atom is -0.389 e. The standard InChI is InChI=1S/C11H19F3N2O/c1-8(2)4-10(3,17)7-16-6-9(5-15)11(12,13)14/h8-9,16-17H,4,6-7H2,1-3H3. The Kier molecular flexibility index (Phi) is 5.93. The Hall–Kier alpha value is -0.800. The van der Waals surface area contributed by atoms with Gasteiger partial charge in [0.05, 0.1) is 11.7 Å². The predicted molar refractivity (Wildman–Crippen MR) is 58.1 cm³/mol. The molecule has 0 aliphatic heterocycles. The summed E-state index contributed by atoms with van der Waals surface area (Å²) in [5.41, 5.74) is -1.06. The summed E-state index contributed by atoms with van der Waals surface area (Å²) in [5, 5.41) is 20.7. The molecule has 0 aromatic rings. The molecule has 0 amide bonds. The van der Waals surface area contributed by atoms with E-state index >= 15 is 0 Å². The normalized spacial score (nSPS) is 17.6. The average molecular weight is 252 g/mol. The number of hydrogen-bond acceptors (Lipinski definition) is 3. The molecule has 0 heterocycles. The van der Waals surface area contributed by atoms with Gasteiger partial charge in [-0.15, -0.1) is 0 Å². The Labute approximate surface area is 99.6 Å². The molecular formula is C11H19F3N2O. The number of nitrogens with zero attached hydrogens (tertiary/aromatic N) is 1. The SMILES string of the molecule is CC(C)CC(C)(O)CNCC(C#N)C(F)(F)F. The number of aliphatic hydroxyl groups is 1. The third kappa shape index (κ3) is 7.18. The molecular weight excluding hydrogens is 233 g/mol. The lowest BCUT2D eigenvalue weighted by atomic mass is 9.94. The van der Waals surface area contributed by atoms with Crippen molar-refractivity contribution in [2.24, 2.45) is 11.8 Å². The molecule has 0 aromatic carbocycles. The second-order valence-electron chi connectivity index (χ2n) is 4.95. The highest BCUT2D eigenvalue weighted by molar-refractivity contribution is 4.90. The van der Waals surface area contributed by atoms with Crippen molar-refractivity contribution in [1.29, 1.82) is 5.26 Å². The van der Waals surface area contributed by atoms with Crippen molar-refractivity contribution < 1.29 is 18.3 Å². The van der Waals surface area contributed by atoms with Gasteiger partial charge in [0.1, 0.15) is 0 Å². The van der Waals surface area contributed by atoms with E-state index in [4.69, 9.17) is 5.26 Å². The molecule has 3 nitrogen and oxygen atoms in total. The van der Waals surface area contributed by atoms with E-state index in [0.717, 1.165) is 0 Å². The summed E-state index contributed by atoms with van der Waals surface area (Å²) in [6, 6.07) is 1.20. The van der Waals surface area contributed by atoms with Crippen LogP contribution in [0.15, 0.2) is 0 Å². The van der Waals surface area contributed by atoms with E-state index in [1.807, 2.05) is 13.8 Å². The molecule has 2 atom stereocenters. The molecule has 0 rings (SSSR count). The summed E-state index contributed by atoms with van der Waals surface area (Å²) >= 11 is 0. The lowest BCUT2D eigenvalue weighted by Gasteiger charge is -2.26. The number of nitriles is 1. The lowest BCUT2D eigenvalue weighted by Crippen LogP contribution is -2.42. The number of rotatable bonds is 6. The van der Waals surface area contributed by atoms with Crippen molar-refractivity contribution >= 4 is 0 Å². The minimum atomic E-state index is -4.52. The van der Waals surface area contributed by atoms with Gasteiger partial charge in [0, 0.05) is 13.1 Å². The maximum atomic E-state index is 12.2. The van der Waals surface area contributed by atoms with Crippen LogP contribution in [0.1, 0.15) is 27.2 Å². The zero-order valence-corrected chi connectivity index (χ0v) is 10.3. The molecule has 0 aliphatic carbocycles. The monoisotopic (exact) mass is 252 g/mol. The molecule has 0 saturated carbocycles. The quantitative estimate of drug-likeness (QED) is 0.761. The van der Waals surface area contributed by atoms with Crippen LogP contribution in [0.3, 0.4) is 0 Å². The highest BCUT2D eigenvalue weighted by atomic mass is 19.4. The van der Waals surface area contributed by atoms with E-state index < -0.39 is 24.2 Å². The summed E-state index contributed by atoms with van der Waals surface area (Å²) in [6.07, 6.45) is -4.03. The molecule has 2 N–H and O–H groups in total. The van der Waals surface area contributed by atoms with Crippen molar-refractivity contribution in [3.63, 3.8) is 0 Å². The number of nitrogens with one attached hydrogen (secondary N) is 1. The first-order valence-corrected chi connectivity index (χ1v) is 5.48. The van der Waals surface area contributed by atoms with Gasteiger partial charge in [-0.25, -0.2) is 0 Å². The fraction of sp³-hybridized carbons (Fsp3) is 0.909. The second-order valence-corrected chi connectivity index (χ2v) is 4.95. The maximum absolute atomic E-state index is 12.2. The first-order chi connectivity index (χ1) is 7.58. The molecule has 0 bridgehead atoms. The van der Waals surface area contributed by atoms with Gasteiger partial charge >= 0.3 is 6.18 Å². The van der Waals surface area contributed by atoms with Gasteiger partial charge in [-0.2, -0.15) is 18.4 Å². The van der Waals surface area contributed by atoms with E-state index in [1.165, 1.54) is 6.07 Å². The van der Waals surface area contributed by atoms with Gasteiger partial charge in [-0.05, 0) is 19.3 Å². The minimum absolute atomic E-state index is 0.0411.